The van der Waals surface area contributed by atoms with Gasteiger partial charge in [-0.2, -0.15) is 4.37 Å². The van der Waals surface area contributed by atoms with Gasteiger partial charge >= 0.3 is 0 Å². The zero-order chi connectivity index (χ0) is 14.0. The standard InChI is InChI=1S/C13H17N5S/c1-8(2)12-16-13(19-17-12)18(3)10-6-4-5-9(7-10)11(14)15/h4-8H,1-3H3,(H3,14,15). The average molecular weight is 275 g/mol. The molecule has 2 rings (SSSR count). The molecule has 0 aliphatic carbocycles. The number of anilines is 2. The number of nitrogens with two attached hydrogens (primary N) is 1. The molecule has 0 fully saturated rings. The molecule has 0 spiro atoms. The first kappa shape index (κ1) is 13.5. The van der Waals surface area contributed by atoms with E-state index in [1.54, 1.807) is 0 Å². The van der Waals surface area contributed by atoms with Crippen molar-refractivity contribution in [2.24, 2.45) is 5.73 Å². The van der Waals surface area contributed by atoms with Gasteiger partial charge in [0.1, 0.15) is 11.7 Å². The number of amidine groups is 1. The van der Waals surface area contributed by atoms with Gasteiger partial charge in [-0.05, 0) is 12.1 Å². The van der Waals surface area contributed by atoms with Crippen molar-refractivity contribution in [1.29, 1.82) is 5.41 Å². The lowest BCUT2D eigenvalue weighted by atomic mass is 10.2. The summed E-state index contributed by atoms with van der Waals surface area (Å²) in [5, 5.41) is 8.31. The molecule has 1 aromatic heterocycles. The van der Waals surface area contributed by atoms with E-state index < -0.39 is 0 Å². The minimum absolute atomic E-state index is 0.0652. The first-order valence-electron chi connectivity index (χ1n) is 6.01. The third-order valence-electron chi connectivity index (χ3n) is 2.78. The molecule has 0 aliphatic heterocycles. The Labute approximate surface area is 116 Å². The number of nitrogens with one attached hydrogen (secondary N) is 1. The van der Waals surface area contributed by atoms with E-state index in [0.29, 0.717) is 11.5 Å². The van der Waals surface area contributed by atoms with E-state index in [4.69, 9.17) is 11.1 Å². The highest BCUT2D eigenvalue weighted by Crippen LogP contribution is 2.27. The van der Waals surface area contributed by atoms with E-state index >= 15 is 0 Å². The zero-order valence-corrected chi connectivity index (χ0v) is 12.0. The summed E-state index contributed by atoms with van der Waals surface area (Å²) < 4.78 is 4.34. The van der Waals surface area contributed by atoms with Crippen molar-refractivity contribution in [1.82, 2.24) is 9.36 Å². The first-order chi connectivity index (χ1) is 8.99. The molecular formula is C13H17N5S. The summed E-state index contributed by atoms with van der Waals surface area (Å²) >= 11 is 1.37. The Hall–Kier alpha value is -1.95. The van der Waals surface area contributed by atoms with Gasteiger partial charge < -0.3 is 10.6 Å². The summed E-state index contributed by atoms with van der Waals surface area (Å²) in [5.74, 6) is 1.24. The highest BCUT2D eigenvalue weighted by molar-refractivity contribution is 7.09. The Balaban J connectivity index is 2.29. The van der Waals surface area contributed by atoms with Gasteiger partial charge in [0.15, 0.2) is 0 Å². The Bertz CT molecular complexity index is 590. The van der Waals surface area contributed by atoms with Crippen LogP contribution in [0.5, 0.6) is 0 Å². The van der Waals surface area contributed by atoms with E-state index in [1.807, 2.05) is 36.2 Å². The van der Waals surface area contributed by atoms with Gasteiger partial charge in [0.05, 0.1) is 0 Å². The lowest BCUT2D eigenvalue weighted by Gasteiger charge is -2.16. The number of nitrogen functional groups attached to an aromatic ring is 1. The minimum atomic E-state index is 0.0652. The van der Waals surface area contributed by atoms with Crippen molar-refractivity contribution in [2.75, 3.05) is 11.9 Å². The number of rotatable bonds is 4. The molecule has 0 bridgehead atoms. The average Bonchev–Trinajstić information content (AvgIpc) is 2.87. The van der Waals surface area contributed by atoms with Gasteiger partial charge in [-0.25, -0.2) is 4.98 Å². The van der Waals surface area contributed by atoms with Gasteiger partial charge in [-0.15, -0.1) is 0 Å². The highest BCUT2D eigenvalue weighted by atomic mass is 32.1. The summed E-state index contributed by atoms with van der Waals surface area (Å²) in [7, 11) is 1.93. The second-order valence-electron chi connectivity index (χ2n) is 4.61. The molecule has 1 heterocycles. The van der Waals surface area contributed by atoms with E-state index in [0.717, 1.165) is 16.6 Å². The number of hydrogen-bond acceptors (Lipinski definition) is 5. The van der Waals surface area contributed by atoms with Gasteiger partial charge in [0, 0.05) is 35.7 Å². The van der Waals surface area contributed by atoms with Crippen LogP contribution in [0.3, 0.4) is 0 Å². The summed E-state index contributed by atoms with van der Waals surface area (Å²) in [6, 6.07) is 7.54. The molecule has 3 N–H and O–H groups in total. The molecule has 0 aliphatic rings. The number of hydrogen-bond donors (Lipinski definition) is 2. The molecule has 0 unspecified atom stereocenters. The van der Waals surface area contributed by atoms with Crippen LogP contribution >= 0.6 is 11.5 Å². The molecule has 0 amide bonds. The van der Waals surface area contributed by atoms with Gasteiger partial charge in [0.2, 0.25) is 5.13 Å². The van der Waals surface area contributed by atoms with E-state index in [1.165, 1.54) is 11.5 Å². The molecule has 19 heavy (non-hydrogen) atoms. The van der Waals surface area contributed by atoms with Crippen LogP contribution in [-0.4, -0.2) is 22.2 Å². The van der Waals surface area contributed by atoms with Gasteiger partial charge in [0.25, 0.3) is 0 Å². The zero-order valence-electron chi connectivity index (χ0n) is 11.2. The smallest absolute Gasteiger partial charge is 0.209 e. The summed E-state index contributed by atoms with van der Waals surface area (Å²) in [6.07, 6.45) is 0. The number of nitrogens with zero attached hydrogens (tertiary/aromatic N) is 3. The second kappa shape index (κ2) is 5.36. The van der Waals surface area contributed by atoms with E-state index in [9.17, 15) is 0 Å². The number of benzene rings is 1. The number of aromatic nitrogens is 2. The summed E-state index contributed by atoms with van der Waals surface area (Å²) in [6.45, 7) is 4.14. The monoisotopic (exact) mass is 275 g/mol. The SMILES string of the molecule is CC(C)c1nsc(N(C)c2cccc(C(=N)N)c2)n1. The van der Waals surface area contributed by atoms with Crippen LogP contribution in [0, 0.1) is 5.41 Å². The second-order valence-corrected chi connectivity index (χ2v) is 5.34. The summed E-state index contributed by atoms with van der Waals surface area (Å²) in [5.41, 5.74) is 7.15. The molecule has 5 nitrogen and oxygen atoms in total. The Morgan fingerprint density at radius 3 is 2.74 bits per heavy atom. The fourth-order valence-electron chi connectivity index (χ4n) is 1.59. The van der Waals surface area contributed by atoms with Crippen molar-refractivity contribution < 1.29 is 0 Å². The molecule has 6 heteroatoms. The van der Waals surface area contributed by atoms with Crippen LogP contribution in [0.2, 0.25) is 0 Å². The van der Waals surface area contributed by atoms with Gasteiger partial charge in [-0.1, -0.05) is 26.0 Å². The molecular weight excluding hydrogens is 258 g/mol. The van der Waals surface area contributed by atoms with Crippen LogP contribution in [0.25, 0.3) is 0 Å². The minimum Gasteiger partial charge on any atom is -0.384 e. The topological polar surface area (TPSA) is 78.9 Å². The molecule has 0 saturated heterocycles. The van der Waals surface area contributed by atoms with Crippen molar-refractivity contribution in [2.45, 2.75) is 19.8 Å². The Morgan fingerprint density at radius 2 is 2.16 bits per heavy atom. The Kier molecular flexibility index (Phi) is 3.80. The van der Waals surface area contributed by atoms with Crippen LogP contribution in [-0.2, 0) is 0 Å². The predicted molar refractivity (Wildman–Crippen MR) is 79.5 cm³/mol. The molecule has 0 atom stereocenters. The lowest BCUT2D eigenvalue weighted by Crippen LogP contribution is -2.14. The largest absolute Gasteiger partial charge is 0.384 e. The normalized spacial score (nSPS) is 10.7. The van der Waals surface area contributed by atoms with Crippen LogP contribution in [0.1, 0.15) is 31.2 Å². The molecule has 1 aromatic carbocycles. The van der Waals surface area contributed by atoms with Crippen molar-refractivity contribution in [3.63, 3.8) is 0 Å². The third-order valence-corrected chi connectivity index (χ3v) is 3.59. The molecule has 2 aromatic rings. The van der Waals surface area contributed by atoms with Crippen LogP contribution < -0.4 is 10.6 Å². The maximum Gasteiger partial charge on any atom is 0.209 e. The Morgan fingerprint density at radius 1 is 1.42 bits per heavy atom. The maximum absolute atomic E-state index is 7.47. The quantitative estimate of drug-likeness (QED) is 0.664. The third kappa shape index (κ3) is 2.90. The van der Waals surface area contributed by atoms with Crippen molar-refractivity contribution >= 4 is 28.2 Å². The maximum atomic E-state index is 7.47. The fraction of sp³-hybridized carbons (Fsp3) is 0.308. The molecule has 0 radical (unpaired) electrons. The van der Waals surface area contributed by atoms with Crippen molar-refractivity contribution in [3.05, 3.63) is 35.7 Å². The summed E-state index contributed by atoms with van der Waals surface area (Å²) in [4.78, 5) is 6.46. The van der Waals surface area contributed by atoms with Crippen LogP contribution in [0.15, 0.2) is 24.3 Å². The van der Waals surface area contributed by atoms with E-state index in [-0.39, 0.29) is 5.84 Å². The van der Waals surface area contributed by atoms with E-state index in [2.05, 4.69) is 23.2 Å². The predicted octanol–water partition coefficient (Wildman–Crippen LogP) is 2.71. The van der Waals surface area contributed by atoms with Crippen molar-refractivity contribution in [3.8, 4) is 0 Å². The van der Waals surface area contributed by atoms with Crippen LogP contribution in [0.4, 0.5) is 10.8 Å². The molecule has 100 valence electrons. The first-order valence-corrected chi connectivity index (χ1v) is 6.78. The fourth-order valence-corrected chi connectivity index (χ4v) is 2.38. The van der Waals surface area contributed by atoms with Gasteiger partial charge in [-0.3, -0.25) is 5.41 Å². The molecule has 0 saturated carbocycles. The lowest BCUT2D eigenvalue weighted by molar-refractivity contribution is 0.798. The highest BCUT2D eigenvalue weighted by Gasteiger charge is 2.13.